The summed E-state index contributed by atoms with van der Waals surface area (Å²) in [6, 6.07) is 15.0. The summed E-state index contributed by atoms with van der Waals surface area (Å²) in [5, 5.41) is 3.01. The molecule has 0 bridgehead atoms. The molecular weight excluding hydrogens is 352 g/mol. The number of rotatable bonds is 6. The molecule has 3 rings (SSSR count). The lowest BCUT2D eigenvalue weighted by molar-refractivity contribution is -0.141. The van der Waals surface area contributed by atoms with Crippen LogP contribution in [0.2, 0.25) is 0 Å². The molecule has 0 radical (unpaired) electrons. The van der Waals surface area contributed by atoms with Gasteiger partial charge in [0.2, 0.25) is 11.8 Å². The maximum absolute atomic E-state index is 13.0. The van der Waals surface area contributed by atoms with Gasteiger partial charge < -0.3 is 15.0 Å². The molecule has 1 atom stereocenters. The van der Waals surface area contributed by atoms with Gasteiger partial charge in [-0.25, -0.2) is 0 Å². The molecular formula is C23H28N2O3. The Kier molecular flexibility index (Phi) is 6.34. The van der Waals surface area contributed by atoms with Gasteiger partial charge in [0, 0.05) is 19.5 Å². The average Bonchev–Trinajstić information content (AvgIpc) is 2.71. The standard InChI is InChI=1S/C23H28N2O3/c1-4-21(26)25-14-13-18-7-5-6-8-20(18)22(25)23(27)24-15-17-9-11-19(12-10-17)28-16(2)3/h5-12,16,22H,4,13-15H2,1-3H3,(H,24,27). The Morgan fingerprint density at radius 2 is 1.86 bits per heavy atom. The lowest BCUT2D eigenvalue weighted by atomic mass is 9.91. The summed E-state index contributed by atoms with van der Waals surface area (Å²) >= 11 is 0. The van der Waals surface area contributed by atoms with E-state index in [1.54, 1.807) is 4.90 Å². The van der Waals surface area contributed by atoms with Crippen LogP contribution < -0.4 is 10.1 Å². The summed E-state index contributed by atoms with van der Waals surface area (Å²) in [6.07, 6.45) is 1.30. The quantitative estimate of drug-likeness (QED) is 0.833. The highest BCUT2D eigenvalue weighted by molar-refractivity contribution is 5.89. The first-order valence-corrected chi connectivity index (χ1v) is 9.90. The molecule has 1 aliphatic rings. The fourth-order valence-corrected chi connectivity index (χ4v) is 3.56. The normalized spacial score (nSPS) is 15.9. The minimum absolute atomic E-state index is 0.00448. The summed E-state index contributed by atoms with van der Waals surface area (Å²) in [4.78, 5) is 27.2. The number of fused-ring (bicyclic) bond motifs is 1. The van der Waals surface area contributed by atoms with Crippen LogP contribution in [0.15, 0.2) is 48.5 Å². The van der Waals surface area contributed by atoms with Gasteiger partial charge in [0.25, 0.3) is 0 Å². The topological polar surface area (TPSA) is 58.6 Å². The molecule has 0 saturated heterocycles. The molecule has 0 aromatic heterocycles. The van der Waals surface area contributed by atoms with Crippen LogP contribution in [0.3, 0.4) is 0 Å². The first kappa shape index (κ1) is 19.9. The number of hydrogen-bond acceptors (Lipinski definition) is 3. The number of benzene rings is 2. The fourth-order valence-electron chi connectivity index (χ4n) is 3.56. The van der Waals surface area contributed by atoms with Gasteiger partial charge in [0.05, 0.1) is 6.10 Å². The summed E-state index contributed by atoms with van der Waals surface area (Å²) in [5.74, 6) is 0.673. The molecule has 5 nitrogen and oxygen atoms in total. The molecule has 28 heavy (non-hydrogen) atoms. The number of ether oxygens (including phenoxy) is 1. The van der Waals surface area contributed by atoms with Crippen molar-refractivity contribution in [2.75, 3.05) is 6.54 Å². The van der Waals surface area contributed by atoms with Crippen molar-refractivity contribution in [3.05, 3.63) is 65.2 Å². The lowest BCUT2D eigenvalue weighted by Crippen LogP contribution is -2.46. The van der Waals surface area contributed by atoms with Crippen molar-refractivity contribution in [1.29, 1.82) is 0 Å². The van der Waals surface area contributed by atoms with Crippen LogP contribution in [0.4, 0.5) is 0 Å². The minimum atomic E-state index is -0.569. The van der Waals surface area contributed by atoms with Crippen LogP contribution in [0.1, 0.15) is 49.9 Å². The first-order valence-electron chi connectivity index (χ1n) is 9.90. The van der Waals surface area contributed by atoms with E-state index >= 15 is 0 Å². The molecule has 0 fully saturated rings. The van der Waals surface area contributed by atoms with Crippen molar-refractivity contribution < 1.29 is 14.3 Å². The van der Waals surface area contributed by atoms with Crippen LogP contribution in [0.5, 0.6) is 5.75 Å². The molecule has 1 aliphatic heterocycles. The number of nitrogens with zero attached hydrogens (tertiary/aromatic N) is 1. The second kappa shape index (κ2) is 8.91. The zero-order valence-corrected chi connectivity index (χ0v) is 16.8. The summed E-state index contributed by atoms with van der Waals surface area (Å²) < 4.78 is 5.65. The number of carbonyl (C=O) groups is 2. The average molecular weight is 380 g/mol. The molecule has 0 aliphatic carbocycles. The predicted octanol–water partition coefficient (Wildman–Crippen LogP) is 3.63. The smallest absolute Gasteiger partial charge is 0.247 e. The van der Waals surface area contributed by atoms with E-state index in [4.69, 9.17) is 4.74 Å². The third-order valence-corrected chi connectivity index (χ3v) is 4.92. The van der Waals surface area contributed by atoms with Crippen LogP contribution in [0.25, 0.3) is 0 Å². The Bertz CT molecular complexity index is 830. The predicted molar refractivity (Wildman–Crippen MR) is 109 cm³/mol. The number of hydrogen-bond donors (Lipinski definition) is 1. The maximum Gasteiger partial charge on any atom is 0.247 e. The number of carbonyl (C=O) groups excluding carboxylic acids is 2. The zero-order chi connectivity index (χ0) is 20.1. The molecule has 0 saturated carbocycles. The van der Waals surface area contributed by atoms with Crippen LogP contribution >= 0.6 is 0 Å². The Balaban J connectivity index is 1.73. The maximum atomic E-state index is 13.0. The van der Waals surface area contributed by atoms with Crippen molar-refractivity contribution >= 4 is 11.8 Å². The Morgan fingerprint density at radius 3 is 2.54 bits per heavy atom. The van der Waals surface area contributed by atoms with Crippen molar-refractivity contribution in [2.45, 2.75) is 52.3 Å². The summed E-state index contributed by atoms with van der Waals surface area (Å²) in [7, 11) is 0. The van der Waals surface area contributed by atoms with Gasteiger partial charge in [-0.3, -0.25) is 9.59 Å². The summed E-state index contributed by atoms with van der Waals surface area (Å²) in [6.45, 7) is 6.79. The third-order valence-electron chi connectivity index (χ3n) is 4.92. The molecule has 5 heteroatoms. The van der Waals surface area contributed by atoms with Gasteiger partial charge in [-0.1, -0.05) is 43.3 Å². The van der Waals surface area contributed by atoms with E-state index in [-0.39, 0.29) is 17.9 Å². The molecule has 2 amide bonds. The molecule has 1 heterocycles. The Labute approximate surface area is 166 Å². The van der Waals surface area contributed by atoms with Crippen molar-refractivity contribution in [3.63, 3.8) is 0 Å². The number of amides is 2. The van der Waals surface area contributed by atoms with E-state index in [2.05, 4.69) is 5.32 Å². The molecule has 148 valence electrons. The van der Waals surface area contributed by atoms with Crippen molar-refractivity contribution in [3.8, 4) is 5.75 Å². The van der Waals surface area contributed by atoms with Crippen LogP contribution in [0, 0.1) is 0 Å². The highest BCUT2D eigenvalue weighted by atomic mass is 16.5. The third kappa shape index (κ3) is 4.53. The van der Waals surface area contributed by atoms with E-state index in [1.165, 1.54) is 0 Å². The Morgan fingerprint density at radius 1 is 1.14 bits per heavy atom. The SMILES string of the molecule is CCC(=O)N1CCc2ccccc2C1C(=O)NCc1ccc(OC(C)C)cc1. The van der Waals surface area contributed by atoms with E-state index in [0.717, 1.165) is 28.9 Å². The molecule has 2 aromatic carbocycles. The molecule has 2 aromatic rings. The molecule has 1 unspecified atom stereocenters. The molecule has 0 spiro atoms. The van der Waals surface area contributed by atoms with Gasteiger partial charge in [0.15, 0.2) is 0 Å². The highest BCUT2D eigenvalue weighted by Crippen LogP contribution is 2.30. The number of nitrogens with one attached hydrogen (secondary N) is 1. The van der Waals surface area contributed by atoms with Crippen LogP contribution in [-0.4, -0.2) is 29.4 Å². The second-order valence-electron chi connectivity index (χ2n) is 7.32. The zero-order valence-electron chi connectivity index (χ0n) is 16.8. The van der Waals surface area contributed by atoms with E-state index < -0.39 is 6.04 Å². The lowest BCUT2D eigenvalue weighted by Gasteiger charge is -2.36. The van der Waals surface area contributed by atoms with Gasteiger partial charge in [0.1, 0.15) is 11.8 Å². The summed E-state index contributed by atoms with van der Waals surface area (Å²) in [5.41, 5.74) is 3.05. The van der Waals surface area contributed by atoms with Crippen LogP contribution in [-0.2, 0) is 22.6 Å². The molecule has 1 N–H and O–H groups in total. The monoisotopic (exact) mass is 380 g/mol. The largest absolute Gasteiger partial charge is 0.491 e. The Hall–Kier alpha value is -2.82. The fraction of sp³-hybridized carbons (Fsp3) is 0.391. The van der Waals surface area contributed by atoms with Crippen molar-refractivity contribution in [2.24, 2.45) is 0 Å². The van der Waals surface area contributed by atoms with E-state index in [1.807, 2.05) is 69.3 Å². The second-order valence-corrected chi connectivity index (χ2v) is 7.32. The highest BCUT2D eigenvalue weighted by Gasteiger charge is 2.34. The van der Waals surface area contributed by atoms with E-state index in [0.29, 0.717) is 19.5 Å². The van der Waals surface area contributed by atoms with Crippen molar-refractivity contribution in [1.82, 2.24) is 10.2 Å². The minimum Gasteiger partial charge on any atom is -0.491 e. The van der Waals surface area contributed by atoms with Gasteiger partial charge >= 0.3 is 0 Å². The van der Waals surface area contributed by atoms with Gasteiger partial charge in [-0.2, -0.15) is 0 Å². The van der Waals surface area contributed by atoms with E-state index in [9.17, 15) is 9.59 Å². The van der Waals surface area contributed by atoms with Gasteiger partial charge in [-0.15, -0.1) is 0 Å². The first-order chi connectivity index (χ1) is 13.5. The van der Waals surface area contributed by atoms with Gasteiger partial charge in [-0.05, 0) is 49.1 Å².